The van der Waals surface area contributed by atoms with Crippen LogP contribution in [-0.2, 0) is 23.2 Å². The van der Waals surface area contributed by atoms with E-state index in [9.17, 15) is 8.42 Å². The fraction of sp³-hybridized carbons (Fsp3) is 0.167. The number of hydrogen-bond acceptors (Lipinski definition) is 5. The van der Waals surface area contributed by atoms with Gasteiger partial charge in [0, 0.05) is 6.54 Å². The molecule has 0 aliphatic carbocycles. The van der Waals surface area contributed by atoms with Gasteiger partial charge in [0.05, 0.1) is 19.0 Å². The third-order valence-electron chi connectivity index (χ3n) is 2.55. The van der Waals surface area contributed by atoms with Gasteiger partial charge in [0.25, 0.3) is 0 Å². The summed E-state index contributed by atoms with van der Waals surface area (Å²) in [4.78, 5) is 7.20. The molecule has 2 aromatic rings. The third-order valence-corrected chi connectivity index (χ3v) is 4.10. The Balaban J connectivity index is 2.10. The predicted molar refractivity (Wildman–Crippen MR) is 73.4 cm³/mol. The molecule has 0 unspecified atom stereocenters. The van der Waals surface area contributed by atoms with Gasteiger partial charge in [0.1, 0.15) is 4.90 Å². The fourth-order valence-corrected chi connectivity index (χ4v) is 2.54. The smallest absolute Gasteiger partial charge is 0.243 e. The largest absolute Gasteiger partial charge is 0.392 e. The number of aromatic nitrogens is 2. The van der Waals surface area contributed by atoms with Crippen molar-refractivity contribution in [1.82, 2.24) is 14.7 Å². The van der Waals surface area contributed by atoms with Crippen LogP contribution in [-0.4, -0.2) is 23.5 Å². The summed E-state index contributed by atoms with van der Waals surface area (Å²) in [6.45, 7) is 0.0183. The zero-order valence-electron chi connectivity index (χ0n) is 10.3. The van der Waals surface area contributed by atoms with Crippen molar-refractivity contribution >= 4 is 21.6 Å². The Morgan fingerprint density at radius 3 is 2.50 bits per heavy atom. The predicted octanol–water partition coefficient (Wildman–Crippen LogP) is 1.10. The van der Waals surface area contributed by atoms with Crippen molar-refractivity contribution in [3.8, 4) is 0 Å². The molecule has 1 aromatic carbocycles. The van der Waals surface area contributed by atoms with Crippen LogP contribution in [0.25, 0.3) is 0 Å². The van der Waals surface area contributed by atoms with E-state index in [1.165, 1.54) is 0 Å². The normalized spacial score (nSPS) is 11.5. The summed E-state index contributed by atoms with van der Waals surface area (Å²) in [7, 11) is -3.69. The fourth-order valence-electron chi connectivity index (χ4n) is 1.54. The molecule has 2 N–H and O–H groups in total. The number of rotatable bonds is 5. The van der Waals surface area contributed by atoms with Crippen molar-refractivity contribution < 1.29 is 13.5 Å². The summed E-state index contributed by atoms with van der Waals surface area (Å²) >= 11 is 5.51. The van der Waals surface area contributed by atoms with Gasteiger partial charge in [-0.05, 0) is 22.7 Å². The van der Waals surface area contributed by atoms with Crippen molar-refractivity contribution in [3.05, 3.63) is 53.1 Å². The maximum absolute atomic E-state index is 12.0. The summed E-state index contributed by atoms with van der Waals surface area (Å²) in [6, 6.07) is 6.99. The number of aliphatic hydroxyl groups excluding tert-OH is 1. The summed E-state index contributed by atoms with van der Waals surface area (Å²) in [6.07, 6.45) is 2.28. The number of aliphatic hydroxyl groups is 1. The van der Waals surface area contributed by atoms with Crippen molar-refractivity contribution in [3.63, 3.8) is 0 Å². The van der Waals surface area contributed by atoms with Gasteiger partial charge in [-0.15, -0.1) is 0 Å². The summed E-state index contributed by atoms with van der Waals surface area (Å²) < 4.78 is 26.4. The molecule has 0 aliphatic rings. The van der Waals surface area contributed by atoms with E-state index in [4.69, 9.17) is 16.7 Å². The summed E-state index contributed by atoms with van der Waals surface area (Å²) in [5, 5.41) is 9.01. The number of nitrogens with zero attached hydrogens (tertiary/aromatic N) is 2. The van der Waals surface area contributed by atoms with Crippen LogP contribution in [0, 0.1) is 0 Å². The van der Waals surface area contributed by atoms with E-state index in [1.807, 2.05) is 0 Å². The van der Waals surface area contributed by atoms with Gasteiger partial charge in [-0.1, -0.05) is 24.3 Å². The van der Waals surface area contributed by atoms with Crippen molar-refractivity contribution in [2.45, 2.75) is 18.0 Å². The molecule has 0 fully saturated rings. The topological polar surface area (TPSA) is 92.2 Å². The summed E-state index contributed by atoms with van der Waals surface area (Å²) in [5.74, 6) is 0. The molecule has 0 saturated carbocycles. The van der Waals surface area contributed by atoms with Crippen LogP contribution in [0.5, 0.6) is 0 Å². The van der Waals surface area contributed by atoms with Crippen LogP contribution in [0.15, 0.2) is 41.6 Å². The van der Waals surface area contributed by atoms with Gasteiger partial charge >= 0.3 is 0 Å². The van der Waals surface area contributed by atoms with E-state index < -0.39 is 10.0 Å². The van der Waals surface area contributed by atoms with Crippen LogP contribution in [0.1, 0.15) is 11.1 Å². The number of nitrogens with one attached hydrogen (secondary N) is 1. The molecule has 8 heteroatoms. The Labute approximate surface area is 121 Å². The van der Waals surface area contributed by atoms with Gasteiger partial charge in [0.15, 0.2) is 0 Å². The Bertz CT molecular complexity index is 689. The lowest BCUT2D eigenvalue weighted by Crippen LogP contribution is -2.23. The van der Waals surface area contributed by atoms with Gasteiger partial charge in [-0.25, -0.2) is 23.1 Å². The lowest BCUT2D eigenvalue weighted by atomic mass is 10.1. The van der Waals surface area contributed by atoms with Gasteiger partial charge in [-0.3, -0.25) is 0 Å². The molecule has 0 radical (unpaired) electrons. The van der Waals surface area contributed by atoms with E-state index in [0.29, 0.717) is 0 Å². The maximum Gasteiger partial charge on any atom is 0.243 e. The number of benzene rings is 1. The molecule has 0 bridgehead atoms. The third kappa shape index (κ3) is 3.73. The summed E-state index contributed by atoms with van der Waals surface area (Å²) in [5.41, 5.74) is 1.46. The first-order valence-corrected chi connectivity index (χ1v) is 7.53. The monoisotopic (exact) mass is 313 g/mol. The first-order chi connectivity index (χ1) is 9.51. The molecule has 1 heterocycles. The zero-order chi connectivity index (χ0) is 14.6. The molecule has 1 aromatic heterocycles. The van der Waals surface area contributed by atoms with Crippen molar-refractivity contribution in [1.29, 1.82) is 0 Å². The molecule has 0 saturated heterocycles. The minimum absolute atomic E-state index is 0.0143. The van der Waals surface area contributed by atoms with Crippen LogP contribution < -0.4 is 4.72 Å². The van der Waals surface area contributed by atoms with Crippen molar-refractivity contribution in [2.24, 2.45) is 0 Å². The highest BCUT2D eigenvalue weighted by Gasteiger charge is 2.14. The lowest BCUT2D eigenvalue weighted by molar-refractivity contribution is 0.281. The highest BCUT2D eigenvalue weighted by molar-refractivity contribution is 7.89. The molecule has 6 nitrogen and oxygen atoms in total. The standard InChI is InChI=1S/C12H12ClN3O3S/c13-12-14-6-11(7-15-12)20(18,19)16-5-9-2-1-3-10(4-9)8-17/h1-4,6-7,16-17H,5,8H2. The Morgan fingerprint density at radius 2 is 1.85 bits per heavy atom. The second kappa shape index (κ2) is 6.27. The number of halogens is 1. The maximum atomic E-state index is 12.0. The van der Waals surface area contributed by atoms with Crippen LogP contribution in [0.4, 0.5) is 0 Å². The minimum Gasteiger partial charge on any atom is -0.392 e. The molecule has 106 valence electrons. The molecule has 20 heavy (non-hydrogen) atoms. The number of hydrogen-bond donors (Lipinski definition) is 2. The first kappa shape index (κ1) is 14.9. The van der Waals surface area contributed by atoms with Gasteiger partial charge in [-0.2, -0.15) is 0 Å². The Morgan fingerprint density at radius 1 is 1.20 bits per heavy atom. The zero-order valence-corrected chi connectivity index (χ0v) is 11.9. The molecule has 0 spiro atoms. The Hall–Kier alpha value is -1.54. The molecule has 2 rings (SSSR count). The second-order valence-corrected chi connectivity index (χ2v) is 6.10. The average molecular weight is 314 g/mol. The highest BCUT2D eigenvalue weighted by Crippen LogP contribution is 2.10. The molecule has 0 atom stereocenters. The lowest BCUT2D eigenvalue weighted by Gasteiger charge is -2.07. The van der Waals surface area contributed by atoms with E-state index in [0.717, 1.165) is 23.5 Å². The van der Waals surface area contributed by atoms with E-state index in [-0.39, 0.29) is 23.3 Å². The average Bonchev–Trinajstić information content (AvgIpc) is 2.46. The van der Waals surface area contributed by atoms with Gasteiger partial charge in [0.2, 0.25) is 15.3 Å². The van der Waals surface area contributed by atoms with Crippen LogP contribution >= 0.6 is 11.6 Å². The molecular weight excluding hydrogens is 302 g/mol. The molecule has 0 aliphatic heterocycles. The van der Waals surface area contributed by atoms with E-state index in [1.54, 1.807) is 24.3 Å². The Kier molecular flexibility index (Phi) is 4.66. The molecule has 0 amide bonds. The molecular formula is C12H12ClN3O3S. The first-order valence-electron chi connectivity index (χ1n) is 5.67. The highest BCUT2D eigenvalue weighted by atomic mass is 35.5. The second-order valence-electron chi connectivity index (χ2n) is 3.99. The minimum atomic E-state index is -3.69. The van der Waals surface area contributed by atoms with Crippen LogP contribution in [0.2, 0.25) is 5.28 Å². The number of sulfonamides is 1. The van der Waals surface area contributed by atoms with Gasteiger partial charge < -0.3 is 5.11 Å². The van der Waals surface area contributed by atoms with Crippen molar-refractivity contribution in [2.75, 3.05) is 0 Å². The SMILES string of the molecule is O=S(=O)(NCc1cccc(CO)c1)c1cnc(Cl)nc1. The quantitative estimate of drug-likeness (QED) is 0.806. The van der Waals surface area contributed by atoms with E-state index in [2.05, 4.69) is 14.7 Å². The van der Waals surface area contributed by atoms with Crippen LogP contribution in [0.3, 0.4) is 0 Å². The van der Waals surface area contributed by atoms with E-state index >= 15 is 0 Å².